The van der Waals surface area contributed by atoms with E-state index in [1.165, 1.54) is 32.1 Å². The van der Waals surface area contributed by atoms with E-state index in [-0.39, 0.29) is 11.9 Å². The van der Waals surface area contributed by atoms with Crippen LogP contribution in [-0.2, 0) is 4.79 Å². The fourth-order valence-electron chi connectivity index (χ4n) is 2.58. The smallest absolute Gasteiger partial charge is 0.312 e. The van der Waals surface area contributed by atoms with Gasteiger partial charge in [-0.15, -0.1) is 0 Å². The number of carbonyl (C=O) groups excluding carboxylic acids is 2. The number of urea groups is 1. The van der Waals surface area contributed by atoms with Crippen LogP contribution in [0.5, 0.6) is 0 Å². The van der Waals surface area contributed by atoms with Crippen LogP contribution in [0.15, 0.2) is 0 Å². The zero-order valence-electron chi connectivity index (χ0n) is 12.3. The van der Waals surface area contributed by atoms with Crippen molar-refractivity contribution < 1.29 is 9.59 Å². The summed E-state index contributed by atoms with van der Waals surface area (Å²) in [5.41, 5.74) is 5.14. The molecule has 4 N–H and O–H groups in total. The van der Waals surface area contributed by atoms with E-state index < -0.39 is 12.1 Å². The monoisotopic (exact) mass is 301 g/mol. The van der Waals surface area contributed by atoms with Crippen LogP contribution >= 0.6 is 11.8 Å². The van der Waals surface area contributed by atoms with Gasteiger partial charge in [-0.2, -0.15) is 11.8 Å². The van der Waals surface area contributed by atoms with Crippen LogP contribution < -0.4 is 16.4 Å². The molecule has 5 nitrogen and oxygen atoms in total. The van der Waals surface area contributed by atoms with Crippen molar-refractivity contribution in [2.45, 2.75) is 63.5 Å². The van der Waals surface area contributed by atoms with E-state index >= 15 is 0 Å². The SMILES string of the molecule is CSCC[C@H](NC(N)=O)C(=O)NC1CCCCCCC1. The number of nitrogens with two attached hydrogens (primary N) is 1. The van der Waals surface area contributed by atoms with E-state index in [1.807, 2.05) is 6.26 Å². The van der Waals surface area contributed by atoms with Gasteiger partial charge in [-0.1, -0.05) is 32.1 Å². The number of carbonyl (C=O) groups is 2. The first-order valence-corrected chi connectivity index (χ1v) is 8.88. The molecule has 1 aliphatic rings. The molecule has 0 aromatic heterocycles. The molecule has 20 heavy (non-hydrogen) atoms. The Morgan fingerprint density at radius 1 is 1.20 bits per heavy atom. The summed E-state index contributed by atoms with van der Waals surface area (Å²) in [7, 11) is 0. The third-order valence-corrected chi connectivity index (χ3v) is 4.34. The summed E-state index contributed by atoms with van der Waals surface area (Å²) in [6.45, 7) is 0. The molecule has 6 heteroatoms. The topological polar surface area (TPSA) is 84.2 Å². The van der Waals surface area contributed by atoms with Gasteiger partial charge in [-0.25, -0.2) is 4.79 Å². The molecule has 0 bridgehead atoms. The lowest BCUT2D eigenvalue weighted by Gasteiger charge is -2.24. The molecule has 1 atom stereocenters. The van der Waals surface area contributed by atoms with Gasteiger partial charge in [0.1, 0.15) is 6.04 Å². The Hall–Kier alpha value is -0.910. The number of amides is 3. The second-order valence-corrected chi connectivity index (χ2v) is 6.38. The van der Waals surface area contributed by atoms with Crippen LogP contribution in [0.3, 0.4) is 0 Å². The predicted octanol–water partition coefficient (Wildman–Crippen LogP) is 2.01. The van der Waals surface area contributed by atoms with Gasteiger partial charge in [-0.05, 0) is 31.3 Å². The zero-order valence-corrected chi connectivity index (χ0v) is 13.1. The molecule has 0 heterocycles. The van der Waals surface area contributed by atoms with Crippen LogP contribution in [0.2, 0.25) is 0 Å². The van der Waals surface area contributed by atoms with Gasteiger partial charge in [0, 0.05) is 6.04 Å². The molecule has 1 rings (SSSR count). The lowest BCUT2D eigenvalue weighted by molar-refractivity contribution is -0.123. The molecule has 0 aromatic carbocycles. The molecular formula is C14H27N3O2S. The van der Waals surface area contributed by atoms with Gasteiger partial charge in [-0.3, -0.25) is 4.79 Å². The van der Waals surface area contributed by atoms with Crippen LogP contribution in [-0.4, -0.2) is 36.0 Å². The minimum atomic E-state index is -0.635. The van der Waals surface area contributed by atoms with Crippen LogP contribution in [0, 0.1) is 0 Å². The molecule has 1 saturated carbocycles. The Labute approximate surface area is 125 Å². The third kappa shape index (κ3) is 7.03. The number of primary amides is 1. The van der Waals surface area contributed by atoms with Crippen molar-refractivity contribution in [3.8, 4) is 0 Å². The Balaban J connectivity index is 2.47. The standard InChI is InChI=1S/C14H27N3O2S/c1-20-10-9-12(17-14(15)19)13(18)16-11-7-5-3-2-4-6-8-11/h11-12H,2-10H2,1H3,(H,16,18)(H3,15,17,19)/t12-/m0/s1. The zero-order chi connectivity index (χ0) is 14.8. The Morgan fingerprint density at radius 3 is 2.35 bits per heavy atom. The van der Waals surface area contributed by atoms with E-state index in [4.69, 9.17) is 5.73 Å². The van der Waals surface area contributed by atoms with E-state index in [0.717, 1.165) is 18.6 Å². The molecule has 0 saturated heterocycles. The minimum Gasteiger partial charge on any atom is -0.352 e. The number of rotatable bonds is 6. The van der Waals surface area contributed by atoms with Crippen LogP contribution in [0.25, 0.3) is 0 Å². The molecule has 3 amide bonds. The van der Waals surface area contributed by atoms with Crippen molar-refractivity contribution in [1.29, 1.82) is 0 Å². The maximum absolute atomic E-state index is 12.3. The highest BCUT2D eigenvalue weighted by Gasteiger charge is 2.22. The number of hydrogen-bond donors (Lipinski definition) is 3. The molecule has 116 valence electrons. The molecule has 0 spiro atoms. The Bertz CT molecular complexity index is 305. The van der Waals surface area contributed by atoms with Gasteiger partial charge < -0.3 is 16.4 Å². The second-order valence-electron chi connectivity index (χ2n) is 5.39. The van der Waals surface area contributed by atoms with E-state index in [9.17, 15) is 9.59 Å². The van der Waals surface area contributed by atoms with Crippen molar-refractivity contribution in [1.82, 2.24) is 10.6 Å². The van der Waals surface area contributed by atoms with E-state index in [1.54, 1.807) is 11.8 Å². The summed E-state index contributed by atoms with van der Waals surface area (Å²) in [5, 5.41) is 5.63. The first-order valence-electron chi connectivity index (χ1n) is 7.48. The Kier molecular flexibility index (Phi) is 8.49. The molecule has 0 unspecified atom stereocenters. The summed E-state index contributed by atoms with van der Waals surface area (Å²) < 4.78 is 0. The highest BCUT2D eigenvalue weighted by atomic mass is 32.2. The molecular weight excluding hydrogens is 274 g/mol. The largest absolute Gasteiger partial charge is 0.352 e. The van der Waals surface area contributed by atoms with E-state index in [0.29, 0.717) is 6.42 Å². The summed E-state index contributed by atoms with van der Waals surface area (Å²) in [4.78, 5) is 23.3. The maximum Gasteiger partial charge on any atom is 0.312 e. The molecule has 1 fully saturated rings. The maximum atomic E-state index is 12.3. The Morgan fingerprint density at radius 2 is 1.80 bits per heavy atom. The van der Waals surface area contributed by atoms with Crippen LogP contribution in [0.1, 0.15) is 51.4 Å². The number of thioether (sulfide) groups is 1. The third-order valence-electron chi connectivity index (χ3n) is 3.70. The van der Waals surface area contributed by atoms with E-state index in [2.05, 4.69) is 10.6 Å². The summed E-state index contributed by atoms with van der Waals surface area (Å²) in [6.07, 6.45) is 10.8. The molecule has 0 radical (unpaired) electrons. The van der Waals surface area contributed by atoms with Gasteiger partial charge in [0.05, 0.1) is 0 Å². The van der Waals surface area contributed by atoms with Crippen molar-refractivity contribution >= 4 is 23.7 Å². The normalized spacial score (nSPS) is 18.6. The summed E-state index contributed by atoms with van der Waals surface area (Å²) in [5.74, 6) is 0.728. The van der Waals surface area contributed by atoms with Crippen molar-refractivity contribution in [3.63, 3.8) is 0 Å². The van der Waals surface area contributed by atoms with Crippen molar-refractivity contribution in [3.05, 3.63) is 0 Å². The summed E-state index contributed by atoms with van der Waals surface area (Å²) >= 11 is 1.65. The van der Waals surface area contributed by atoms with Gasteiger partial charge >= 0.3 is 6.03 Å². The van der Waals surface area contributed by atoms with Crippen molar-refractivity contribution in [2.75, 3.05) is 12.0 Å². The van der Waals surface area contributed by atoms with Gasteiger partial charge in [0.15, 0.2) is 0 Å². The fraction of sp³-hybridized carbons (Fsp3) is 0.857. The summed E-state index contributed by atoms with van der Waals surface area (Å²) in [6, 6.07) is -0.899. The quantitative estimate of drug-likeness (QED) is 0.701. The first kappa shape index (κ1) is 17.1. The number of hydrogen-bond acceptors (Lipinski definition) is 3. The fourth-order valence-corrected chi connectivity index (χ4v) is 3.05. The van der Waals surface area contributed by atoms with Gasteiger partial charge in [0.2, 0.25) is 5.91 Å². The second kappa shape index (κ2) is 9.91. The lowest BCUT2D eigenvalue weighted by atomic mass is 9.96. The number of nitrogens with one attached hydrogen (secondary N) is 2. The van der Waals surface area contributed by atoms with Gasteiger partial charge in [0.25, 0.3) is 0 Å². The molecule has 0 aromatic rings. The molecule has 1 aliphatic carbocycles. The average Bonchev–Trinajstić information content (AvgIpc) is 2.37. The highest BCUT2D eigenvalue weighted by Crippen LogP contribution is 2.17. The van der Waals surface area contributed by atoms with Crippen LogP contribution in [0.4, 0.5) is 4.79 Å². The highest BCUT2D eigenvalue weighted by molar-refractivity contribution is 7.98. The predicted molar refractivity (Wildman–Crippen MR) is 83.8 cm³/mol. The molecule has 0 aliphatic heterocycles. The minimum absolute atomic E-state index is 0.0941. The average molecular weight is 301 g/mol. The van der Waals surface area contributed by atoms with Crippen molar-refractivity contribution in [2.24, 2.45) is 5.73 Å². The lowest BCUT2D eigenvalue weighted by Crippen LogP contribution is -2.51. The first-order chi connectivity index (χ1) is 9.63.